The Morgan fingerprint density at radius 2 is 1.70 bits per heavy atom. The molecule has 0 aliphatic heterocycles. The molecule has 1 N–H and O–H groups in total. The molecule has 0 aliphatic carbocycles. The monoisotopic (exact) mass is 226 g/mol. The second-order valence-electron chi connectivity index (χ2n) is 0.814. The molecule has 1 heterocycles. The molecule has 1 aromatic rings. The first-order valence-electron chi connectivity index (χ1n) is 2.91. The molecule has 0 aliphatic rings. The molecule has 1 aromatic heterocycles. The Kier molecular flexibility index (Phi) is 38.1. The maximum Gasteiger partial charge on any atom is 3.00 e. The number of hydrogen-bond acceptors (Lipinski definition) is 0. The number of nitrogens with one attached hydrogen (secondary N) is 1. The summed E-state index contributed by atoms with van der Waals surface area (Å²) in [7, 11) is 0. The van der Waals surface area contributed by atoms with E-state index >= 15 is 0 Å². The fraction of sp³-hybridized carbons (Fsp3) is 0.250. The Bertz CT molecular complexity index is 65.7. The first-order valence-corrected chi connectivity index (χ1v) is 2.91. The number of aromatic amines is 1. The summed E-state index contributed by atoms with van der Waals surface area (Å²) >= 11 is 0. The predicted octanol–water partition coefficient (Wildman–Crippen LogP) is 2.49. The van der Waals surface area contributed by atoms with Gasteiger partial charge in [0, 0.05) is 0 Å². The van der Waals surface area contributed by atoms with Gasteiger partial charge >= 0.3 is 19.5 Å². The molecule has 2 heteroatoms. The van der Waals surface area contributed by atoms with Crippen molar-refractivity contribution in [1.29, 1.82) is 0 Å². The molecule has 0 unspecified atom stereocenters. The average Bonchev–Trinajstić information content (AvgIpc) is 2.51. The molecule has 1 rings (SSSR count). The molecule has 0 aromatic carbocycles. The van der Waals surface area contributed by atoms with Gasteiger partial charge in [0.1, 0.15) is 0 Å². The van der Waals surface area contributed by atoms with Gasteiger partial charge in [0.05, 0.1) is 0 Å². The van der Waals surface area contributed by atoms with E-state index in [-0.39, 0.29) is 19.5 Å². The molecule has 0 saturated heterocycles. The zero-order valence-electron chi connectivity index (χ0n) is 6.50. The minimum atomic E-state index is 0. The summed E-state index contributed by atoms with van der Waals surface area (Å²) in [6.07, 6.45) is 4.56. The van der Waals surface area contributed by atoms with Gasteiger partial charge in [-0.1, -0.05) is 0 Å². The fourth-order valence-electron chi connectivity index (χ4n) is 0.241. The molecule has 0 bridgehead atoms. The third-order valence-electron chi connectivity index (χ3n) is 0.442. The third-order valence-corrected chi connectivity index (χ3v) is 0.442. The van der Waals surface area contributed by atoms with Crippen molar-refractivity contribution in [3.63, 3.8) is 0 Å². The van der Waals surface area contributed by atoms with Crippen LogP contribution in [-0.2, 0) is 19.5 Å². The number of rotatable bonds is 0. The fourth-order valence-corrected chi connectivity index (χ4v) is 0.241. The Hall–Kier alpha value is -0.0966. The Morgan fingerprint density at radius 1 is 1.20 bits per heavy atom. The summed E-state index contributed by atoms with van der Waals surface area (Å²) in [5.74, 6) is 0. The molecule has 1 nitrogen and oxygen atoms in total. The van der Waals surface area contributed by atoms with Crippen LogP contribution in [0.4, 0.5) is 0 Å². The largest absolute Gasteiger partial charge is 3.00 e. The van der Waals surface area contributed by atoms with E-state index in [0.717, 1.165) is 0 Å². The Morgan fingerprint density at radius 3 is 1.80 bits per heavy atom. The Labute approximate surface area is 77.0 Å². The average molecular weight is 225 g/mol. The number of H-pyrrole nitrogens is 1. The first-order chi connectivity index (χ1) is 4.50. The topological polar surface area (TPSA) is 15.8 Å². The van der Waals surface area contributed by atoms with Crippen LogP contribution in [0.25, 0.3) is 0 Å². The molecule has 1 radical (unpaired) electrons. The van der Waals surface area contributed by atoms with Crippen LogP contribution in [0, 0.1) is 20.0 Å². The predicted molar refractivity (Wildman–Crippen MR) is 41.7 cm³/mol. The smallest absolute Gasteiger partial charge is 0.484 e. The van der Waals surface area contributed by atoms with Crippen LogP contribution >= 0.6 is 0 Å². The normalized spacial score (nSPS) is 5.20. The second kappa shape index (κ2) is 23.1. The minimum absolute atomic E-state index is 0. The van der Waals surface area contributed by atoms with Crippen LogP contribution in [0.2, 0.25) is 0 Å². The van der Waals surface area contributed by atoms with Gasteiger partial charge in [-0.05, 0) is 0 Å². The molecule has 0 spiro atoms. The molecule has 0 saturated carbocycles. The molecule has 10 heavy (non-hydrogen) atoms. The van der Waals surface area contributed by atoms with Crippen molar-refractivity contribution < 1.29 is 19.5 Å². The number of aromatic nitrogens is 1. The van der Waals surface area contributed by atoms with E-state index in [4.69, 9.17) is 0 Å². The third kappa shape index (κ3) is 15.7. The van der Waals surface area contributed by atoms with Crippen molar-refractivity contribution in [2.24, 2.45) is 0 Å². The van der Waals surface area contributed by atoms with Crippen LogP contribution in [0.15, 0.2) is 18.3 Å². The zero-order valence-corrected chi connectivity index (χ0v) is 8.24. The van der Waals surface area contributed by atoms with Gasteiger partial charge in [0.2, 0.25) is 0 Å². The van der Waals surface area contributed by atoms with Crippen molar-refractivity contribution in [1.82, 2.24) is 4.98 Å². The van der Waals surface area contributed by atoms with Crippen molar-refractivity contribution in [3.8, 4) is 0 Å². The zero-order chi connectivity index (χ0) is 7.54. The van der Waals surface area contributed by atoms with Crippen molar-refractivity contribution >= 4 is 0 Å². The van der Waals surface area contributed by atoms with Gasteiger partial charge in [-0.2, -0.15) is 32.2 Å². The van der Waals surface area contributed by atoms with Gasteiger partial charge in [-0.3, -0.25) is 0 Å². The van der Waals surface area contributed by atoms with Gasteiger partial charge in [-0.15, -0.1) is 6.20 Å². The van der Waals surface area contributed by atoms with E-state index in [9.17, 15) is 0 Å². The SMILES string of the molecule is [CH2-]C.[CH2-]C.[Ru+3].[c-]1ccc[nH]1. The quantitative estimate of drug-likeness (QED) is 0.516. The molecule has 0 amide bonds. The molecule has 0 atom stereocenters. The number of hydrogen-bond donors (Lipinski definition) is 1. The van der Waals surface area contributed by atoms with E-state index in [1.54, 1.807) is 13.8 Å². The van der Waals surface area contributed by atoms with Gasteiger partial charge < -0.3 is 18.8 Å². The minimum Gasteiger partial charge on any atom is -0.484 e. The first kappa shape index (κ1) is 16.5. The van der Waals surface area contributed by atoms with E-state index in [1.165, 1.54) is 0 Å². The van der Waals surface area contributed by atoms with E-state index in [0.29, 0.717) is 0 Å². The molecule has 59 valence electrons. The second-order valence-corrected chi connectivity index (χ2v) is 0.814. The van der Waals surface area contributed by atoms with Crippen molar-refractivity contribution in [2.75, 3.05) is 0 Å². The van der Waals surface area contributed by atoms with Gasteiger partial charge in [0.15, 0.2) is 0 Å². The van der Waals surface area contributed by atoms with Gasteiger partial charge in [0.25, 0.3) is 0 Å². The van der Waals surface area contributed by atoms with E-state index in [2.05, 4.69) is 25.0 Å². The summed E-state index contributed by atoms with van der Waals surface area (Å²) in [4.78, 5) is 2.74. The van der Waals surface area contributed by atoms with E-state index < -0.39 is 0 Å². The van der Waals surface area contributed by atoms with Crippen molar-refractivity contribution in [2.45, 2.75) is 13.8 Å². The molecule has 0 fully saturated rings. The van der Waals surface area contributed by atoms with Crippen LogP contribution < -0.4 is 0 Å². The summed E-state index contributed by atoms with van der Waals surface area (Å²) in [6, 6.07) is 3.71. The molecular weight excluding hydrogens is 211 g/mol. The maximum atomic E-state index is 3.25. The van der Waals surface area contributed by atoms with Crippen LogP contribution in [0.3, 0.4) is 0 Å². The Balaban J connectivity index is -0.0000000875. The summed E-state index contributed by atoms with van der Waals surface area (Å²) in [5, 5.41) is 0. The standard InChI is InChI=1S/C4H4N.2C2H5.Ru/c1-2-4-5-3-1;2*1-2;/h1-3,5H;2*1H2,2H3;/q3*-1;+3. The van der Waals surface area contributed by atoms with Gasteiger partial charge in [-0.25, -0.2) is 0 Å². The summed E-state index contributed by atoms with van der Waals surface area (Å²) in [6.45, 7) is 10.0. The van der Waals surface area contributed by atoms with Crippen LogP contribution in [0.1, 0.15) is 13.8 Å². The summed E-state index contributed by atoms with van der Waals surface area (Å²) < 4.78 is 0. The molecular formula is C8H14NRu. The van der Waals surface area contributed by atoms with Crippen molar-refractivity contribution in [3.05, 3.63) is 38.4 Å². The van der Waals surface area contributed by atoms with Crippen LogP contribution in [0.5, 0.6) is 0 Å². The van der Waals surface area contributed by atoms with E-state index in [1.807, 2.05) is 18.3 Å². The van der Waals surface area contributed by atoms with Crippen LogP contribution in [-0.4, -0.2) is 4.98 Å². The summed E-state index contributed by atoms with van der Waals surface area (Å²) in [5.41, 5.74) is 0. The maximum absolute atomic E-state index is 3.25.